The molecular weight excluding hydrogens is 252 g/mol. The summed E-state index contributed by atoms with van der Waals surface area (Å²) in [6.45, 7) is 0. The number of aromatic nitrogens is 2. The molecule has 4 nitrogen and oxygen atoms in total. The van der Waals surface area contributed by atoms with Crippen LogP contribution < -0.4 is 9.47 Å². The van der Waals surface area contributed by atoms with Crippen molar-refractivity contribution in [3.63, 3.8) is 0 Å². The van der Waals surface area contributed by atoms with Crippen molar-refractivity contribution in [1.29, 1.82) is 0 Å². The SMILES string of the molecule is COc1cc(OC)c2nc(-c3ccccn3)ccc2c1. The van der Waals surface area contributed by atoms with Crippen molar-refractivity contribution in [2.75, 3.05) is 14.2 Å². The second-order valence-electron chi connectivity index (χ2n) is 4.31. The first-order valence-electron chi connectivity index (χ1n) is 6.26. The molecule has 0 aliphatic rings. The summed E-state index contributed by atoms with van der Waals surface area (Å²) in [6.07, 6.45) is 1.76. The smallest absolute Gasteiger partial charge is 0.148 e. The lowest BCUT2D eigenvalue weighted by Crippen LogP contribution is -1.93. The summed E-state index contributed by atoms with van der Waals surface area (Å²) in [6, 6.07) is 13.5. The van der Waals surface area contributed by atoms with E-state index in [-0.39, 0.29) is 0 Å². The largest absolute Gasteiger partial charge is 0.497 e. The Morgan fingerprint density at radius 2 is 1.80 bits per heavy atom. The number of methoxy groups -OCH3 is 2. The molecule has 0 fully saturated rings. The van der Waals surface area contributed by atoms with Crippen molar-refractivity contribution >= 4 is 10.9 Å². The molecule has 0 bridgehead atoms. The highest BCUT2D eigenvalue weighted by Crippen LogP contribution is 2.31. The van der Waals surface area contributed by atoms with E-state index in [0.29, 0.717) is 5.75 Å². The van der Waals surface area contributed by atoms with E-state index in [1.54, 1.807) is 20.4 Å². The van der Waals surface area contributed by atoms with Gasteiger partial charge in [-0.3, -0.25) is 4.98 Å². The molecule has 1 aromatic carbocycles. The van der Waals surface area contributed by atoms with Crippen LogP contribution in [0.2, 0.25) is 0 Å². The van der Waals surface area contributed by atoms with Crippen LogP contribution in [0.5, 0.6) is 11.5 Å². The lowest BCUT2D eigenvalue weighted by molar-refractivity contribution is 0.397. The van der Waals surface area contributed by atoms with E-state index in [2.05, 4.69) is 9.97 Å². The third-order valence-corrected chi connectivity index (χ3v) is 3.11. The summed E-state index contributed by atoms with van der Waals surface area (Å²) < 4.78 is 10.7. The number of nitrogens with zero attached hydrogens (tertiary/aromatic N) is 2. The van der Waals surface area contributed by atoms with Gasteiger partial charge in [0.2, 0.25) is 0 Å². The van der Waals surface area contributed by atoms with Crippen LogP contribution in [0.15, 0.2) is 48.7 Å². The molecule has 0 aliphatic heterocycles. The Morgan fingerprint density at radius 3 is 2.50 bits per heavy atom. The van der Waals surface area contributed by atoms with Gasteiger partial charge in [0.05, 0.1) is 25.6 Å². The Kier molecular flexibility index (Phi) is 3.21. The van der Waals surface area contributed by atoms with Crippen LogP contribution >= 0.6 is 0 Å². The van der Waals surface area contributed by atoms with Crippen LogP contribution in [0, 0.1) is 0 Å². The number of ether oxygens (including phenoxy) is 2. The van der Waals surface area contributed by atoms with Gasteiger partial charge in [-0.05, 0) is 24.3 Å². The zero-order chi connectivity index (χ0) is 13.9. The predicted molar refractivity (Wildman–Crippen MR) is 78.1 cm³/mol. The number of fused-ring (bicyclic) bond motifs is 1. The number of rotatable bonds is 3. The fraction of sp³-hybridized carbons (Fsp3) is 0.125. The average Bonchev–Trinajstić information content (AvgIpc) is 2.54. The zero-order valence-corrected chi connectivity index (χ0v) is 11.3. The van der Waals surface area contributed by atoms with Crippen LogP contribution in [0.25, 0.3) is 22.3 Å². The van der Waals surface area contributed by atoms with Gasteiger partial charge in [-0.1, -0.05) is 12.1 Å². The number of hydrogen-bond acceptors (Lipinski definition) is 4. The molecule has 4 heteroatoms. The topological polar surface area (TPSA) is 44.2 Å². The molecule has 2 aromatic heterocycles. The number of pyridine rings is 2. The van der Waals surface area contributed by atoms with E-state index in [9.17, 15) is 0 Å². The molecule has 100 valence electrons. The maximum Gasteiger partial charge on any atom is 0.148 e. The minimum absolute atomic E-state index is 0.692. The summed E-state index contributed by atoms with van der Waals surface area (Å²) in [4.78, 5) is 8.97. The van der Waals surface area contributed by atoms with E-state index in [1.807, 2.05) is 42.5 Å². The first-order chi connectivity index (χ1) is 9.81. The van der Waals surface area contributed by atoms with Gasteiger partial charge >= 0.3 is 0 Å². The highest BCUT2D eigenvalue weighted by atomic mass is 16.5. The third-order valence-electron chi connectivity index (χ3n) is 3.11. The highest BCUT2D eigenvalue weighted by molar-refractivity contribution is 5.88. The highest BCUT2D eigenvalue weighted by Gasteiger charge is 2.09. The van der Waals surface area contributed by atoms with Gasteiger partial charge < -0.3 is 9.47 Å². The molecule has 0 atom stereocenters. The Labute approximate surface area is 117 Å². The van der Waals surface area contributed by atoms with Crippen molar-refractivity contribution < 1.29 is 9.47 Å². The minimum Gasteiger partial charge on any atom is -0.497 e. The van der Waals surface area contributed by atoms with E-state index < -0.39 is 0 Å². The van der Waals surface area contributed by atoms with Gasteiger partial charge in [-0.25, -0.2) is 4.98 Å². The maximum atomic E-state index is 5.40. The Hall–Kier alpha value is -2.62. The van der Waals surface area contributed by atoms with E-state index in [1.165, 1.54) is 0 Å². The van der Waals surface area contributed by atoms with Crippen LogP contribution in [-0.2, 0) is 0 Å². The van der Waals surface area contributed by atoms with Crippen LogP contribution in [0.1, 0.15) is 0 Å². The minimum atomic E-state index is 0.692. The van der Waals surface area contributed by atoms with Crippen LogP contribution in [0.4, 0.5) is 0 Å². The fourth-order valence-corrected chi connectivity index (χ4v) is 2.11. The van der Waals surface area contributed by atoms with Crippen molar-refractivity contribution in [1.82, 2.24) is 9.97 Å². The molecule has 3 rings (SSSR count). The summed E-state index contributed by atoms with van der Waals surface area (Å²) in [5.74, 6) is 1.44. The molecule has 2 heterocycles. The molecule has 0 saturated carbocycles. The summed E-state index contributed by atoms with van der Waals surface area (Å²) in [7, 11) is 3.26. The first kappa shape index (κ1) is 12.4. The molecule has 3 aromatic rings. The monoisotopic (exact) mass is 266 g/mol. The Bertz CT molecular complexity index is 742. The number of hydrogen-bond donors (Lipinski definition) is 0. The van der Waals surface area contributed by atoms with Gasteiger partial charge in [0.25, 0.3) is 0 Å². The molecule has 0 unspecified atom stereocenters. The second kappa shape index (κ2) is 5.17. The fourth-order valence-electron chi connectivity index (χ4n) is 2.11. The molecule has 0 amide bonds. The normalized spacial score (nSPS) is 10.5. The van der Waals surface area contributed by atoms with Crippen molar-refractivity contribution in [2.45, 2.75) is 0 Å². The second-order valence-corrected chi connectivity index (χ2v) is 4.31. The van der Waals surface area contributed by atoms with Crippen molar-refractivity contribution in [3.8, 4) is 22.9 Å². The zero-order valence-electron chi connectivity index (χ0n) is 11.3. The summed E-state index contributed by atoms with van der Waals surface area (Å²) in [5.41, 5.74) is 2.46. The van der Waals surface area contributed by atoms with Gasteiger partial charge in [0, 0.05) is 17.6 Å². The first-order valence-corrected chi connectivity index (χ1v) is 6.26. The summed E-state index contributed by atoms with van der Waals surface area (Å²) in [5, 5.41) is 0.973. The standard InChI is InChI=1S/C16H14N2O2/c1-19-12-9-11-6-7-14(13-5-3-4-8-17-13)18-16(11)15(10-12)20-2/h3-10H,1-2H3. The predicted octanol–water partition coefficient (Wildman–Crippen LogP) is 3.31. The average molecular weight is 266 g/mol. The van der Waals surface area contributed by atoms with Gasteiger partial charge in [-0.15, -0.1) is 0 Å². The molecule has 0 aliphatic carbocycles. The molecule has 0 N–H and O–H groups in total. The van der Waals surface area contributed by atoms with Crippen molar-refractivity contribution in [2.24, 2.45) is 0 Å². The molecule has 20 heavy (non-hydrogen) atoms. The Morgan fingerprint density at radius 1 is 0.900 bits per heavy atom. The maximum absolute atomic E-state index is 5.40. The molecule has 0 saturated heterocycles. The lowest BCUT2D eigenvalue weighted by Gasteiger charge is -2.09. The molecule has 0 spiro atoms. The summed E-state index contributed by atoms with van der Waals surface area (Å²) >= 11 is 0. The third kappa shape index (κ3) is 2.16. The van der Waals surface area contributed by atoms with E-state index in [4.69, 9.17) is 9.47 Å². The Balaban J connectivity index is 2.20. The van der Waals surface area contributed by atoms with Crippen LogP contribution in [0.3, 0.4) is 0 Å². The van der Waals surface area contributed by atoms with E-state index >= 15 is 0 Å². The molecule has 0 radical (unpaired) electrons. The quantitative estimate of drug-likeness (QED) is 0.729. The van der Waals surface area contributed by atoms with Crippen LogP contribution in [-0.4, -0.2) is 24.2 Å². The lowest BCUT2D eigenvalue weighted by atomic mass is 10.1. The molecular formula is C16H14N2O2. The van der Waals surface area contributed by atoms with Gasteiger partial charge in [-0.2, -0.15) is 0 Å². The van der Waals surface area contributed by atoms with Gasteiger partial charge in [0.15, 0.2) is 0 Å². The van der Waals surface area contributed by atoms with E-state index in [0.717, 1.165) is 28.0 Å². The number of benzene rings is 1. The van der Waals surface area contributed by atoms with Crippen molar-refractivity contribution in [3.05, 3.63) is 48.7 Å². The van der Waals surface area contributed by atoms with Gasteiger partial charge in [0.1, 0.15) is 17.0 Å².